The summed E-state index contributed by atoms with van der Waals surface area (Å²) in [6, 6.07) is 0.774. The van der Waals surface area contributed by atoms with Gasteiger partial charge in [-0.15, -0.1) is 0 Å². The van der Waals surface area contributed by atoms with E-state index in [0.29, 0.717) is 0 Å². The van der Waals surface area contributed by atoms with Crippen molar-refractivity contribution < 1.29 is 0 Å². The Morgan fingerprint density at radius 2 is 2.00 bits per heavy atom. The topological polar surface area (TPSA) is 12.0 Å². The van der Waals surface area contributed by atoms with Crippen molar-refractivity contribution >= 4 is 11.8 Å². The Balaban J connectivity index is 2.06. The molecule has 1 aliphatic carbocycles. The Morgan fingerprint density at radius 1 is 1.29 bits per heavy atom. The fourth-order valence-corrected chi connectivity index (χ4v) is 2.85. The monoisotopic (exact) mass is 215 g/mol. The molecular formula is C12H25NS. The van der Waals surface area contributed by atoms with Gasteiger partial charge < -0.3 is 5.32 Å². The van der Waals surface area contributed by atoms with Crippen molar-refractivity contribution in [2.45, 2.75) is 46.1 Å². The molecule has 1 unspecified atom stereocenters. The van der Waals surface area contributed by atoms with Crippen LogP contribution in [0.2, 0.25) is 0 Å². The molecule has 0 amide bonds. The number of rotatable bonds is 8. The van der Waals surface area contributed by atoms with Crippen LogP contribution in [0.1, 0.15) is 40.0 Å². The summed E-state index contributed by atoms with van der Waals surface area (Å²) >= 11 is 2.12. The highest BCUT2D eigenvalue weighted by atomic mass is 32.2. The Kier molecular flexibility index (Phi) is 5.95. The van der Waals surface area contributed by atoms with Crippen LogP contribution in [-0.2, 0) is 0 Å². The van der Waals surface area contributed by atoms with Crippen molar-refractivity contribution in [1.82, 2.24) is 5.32 Å². The first-order valence-corrected chi connectivity index (χ1v) is 7.19. The van der Waals surface area contributed by atoms with E-state index in [2.05, 4.69) is 37.8 Å². The SMILES string of the molecule is CCNC(CSCC(C)C)CC1CC1. The van der Waals surface area contributed by atoms with Crippen LogP contribution in [0.15, 0.2) is 0 Å². The normalized spacial score (nSPS) is 18.9. The van der Waals surface area contributed by atoms with Crippen molar-refractivity contribution in [3.8, 4) is 0 Å². The van der Waals surface area contributed by atoms with Gasteiger partial charge in [-0.2, -0.15) is 11.8 Å². The molecule has 1 nitrogen and oxygen atoms in total. The van der Waals surface area contributed by atoms with Crippen molar-refractivity contribution in [3.63, 3.8) is 0 Å². The van der Waals surface area contributed by atoms with E-state index >= 15 is 0 Å². The average molecular weight is 215 g/mol. The maximum absolute atomic E-state index is 3.61. The van der Waals surface area contributed by atoms with Crippen LogP contribution >= 0.6 is 11.8 Å². The summed E-state index contributed by atoms with van der Waals surface area (Å²) in [5, 5.41) is 3.61. The average Bonchev–Trinajstić information content (AvgIpc) is 2.88. The first kappa shape index (κ1) is 12.4. The summed E-state index contributed by atoms with van der Waals surface area (Å²) in [6.45, 7) is 7.94. The van der Waals surface area contributed by atoms with Crippen molar-refractivity contribution in [1.29, 1.82) is 0 Å². The van der Waals surface area contributed by atoms with Crippen LogP contribution in [0.3, 0.4) is 0 Å². The van der Waals surface area contributed by atoms with Crippen LogP contribution in [-0.4, -0.2) is 24.1 Å². The lowest BCUT2D eigenvalue weighted by molar-refractivity contribution is 0.507. The molecule has 0 aromatic rings. The van der Waals surface area contributed by atoms with Gasteiger partial charge in [0.05, 0.1) is 0 Å². The second-order valence-corrected chi connectivity index (χ2v) is 5.94. The largest absolute Gasteiger partial charge is 0.313 e. The molecule has 0 saturated heterocycles. The molecule has 1 rings (SSSR count). The summed E-state index contributed by atoms with van der Waals surface area (Å²) in [4.78, 5) is 0. The third kappa shape index (κ3) is 5.92. The Bertz CT molecular complexity index is 143. The van der Waals surface area contributed by atoms with Crippen LogP contribution in [0.4, 0.5) is 0 Å². The molecule has 1 N–H and O–H groups in total. The van der Waals surface area contributed by atoms with Gasteiger partial charge in [-0.3, -0.25) is 0 Å². The summed E-state index contributed by atoms with van der Waals surface area (Å²) in [5.41, 5.74) is 0. The number of nitrogens with one attached hydrogen (secondary N) is 1. The van der Waals surface area contributed by atoms with E-state index < -0.39 is 0 Å². The minimum Gasteiger partial charge on any atom is -0.313 e. The van der Waals surface area contributed by atoms with Crippen LogP contribution in [0, 0.1) is 11.8 Å². The molecule has 1 atom stereocenters. The minimum absolute atomic E-state index is 0.774. The van der Waals surface area contributed by atoms with Gasteiger partial charge in [-0.05, 0) is 30.6 Å². The van der Waals surface area contributed by atoms with Crippen molar-refractivity contribution in [2.24, 2.45) is 11.8 Å². The molecule has 0 spiro atoms. The maximum Gasteiger partial charge on any atom is 0.0160 e. The molecule has 2 heteroatoms. The Labute approximate surface area is 93.4 Å². The highest BCUT2D eigenvalue weighted by molar-refractivity contribution is 7.99. The highest BCUT2D eigenvalue weighted by Crippen LogP contribution is 2.34. The standard InChI is InChI=1S/C12H25NS/c1-4-13-12(7-11-5-6-11)9-14-8-10(2)3/h10-13H,4-9H2,1-3H3. The Hall–Kier alpha value is 0.310. The summed E-state index contributed by atoms with van der Waals surface area (Å²) in [6.07, 6.45) is 4.38. The molecule has 0 bridgehead atoms. The zero-order valence-corrected chi connectivity index (χ0v) is 10.7. The van der Waals surface area contributed by atoms with E-state index in [1.807, 2.05) is 0 Å². The van der Waals surface area contributed by atoms with Gasteiger partial charge in [0, 0.05) is 11.8 Å². The first-order chi connectivity index (χ1) is 6.72. The molecule has 1 fully saturated rings. The molecule has 14 heavy (non-hydrogen) atoms. The predicted octanol–water partition coefficient (Wildman–Crippen LogP) is 3.15. The summed E-state index contributed by atoms with van der Waals surface area (Å²) in [5.74, 6) is 4.51. The van der Waals surface area contributed by atoms with E-state index in [9.17, 15) is 0 Å². The number of hydrogen-bond donors (Lipinski definition) is 1. The molecule has 0 aliphatic heterocycles. The lowest BCUT2D eigenvalue weighted by atomic mass is 10.1. The van der Waals surface area contributed by atoms with Crippen molar-refractivity contribution in [2.75, 3.05) is 18.1 Å². The van der Waals surface area contributed by atoms with Gasteiger partial charge in [-0.1, -0.05) is 33.6 Å². The fourth-order valence-electron chi connectivity index (χ4n) is 1.70. The predicted molar refractivity (Wildman–Crippen MR) is 67.0 cm³/mol. The molecule has 84 valence electrons. The molecule has 0 aromatic heterocycles. The minimum atomic E-state index is 0.774. The zero-order valence-electron chi connectivity index (χ0n) is 9.88. The van der Waals surface area contributed by atoms with Gasteiger partial charge in [0.1, 0.15) is 0 Å². The summed E-state index contributed by atoms with van der Waals surface area (Å²) < 4.78 is 0. The molecule has 1 aliphatic rings. The van der Waals surface area contributed by atoms with Gasteiger partial charge in [-0.25, -0.2) is 0 Å². The van der Waals surface area contributed by atoms with E-state index in [0.717, 1.165) is 24.4 Å². The van der Waals surface area contributed by atoms with E-state index in [1.165, 1.54) is 30.8 Å². The molecule has 0 radical (unpaired) electrons. The van der Waals surface area contributed by atoms with Crippen LogP contribution in [0.5, 0.6) is 0 Å². The van der Waals surface area contributed by atoms with Crippen LogP contribution < -0.4 is 5.32 Å². The molecule has 1 saturated carbocycles. The lowest BCUT2D eigenvalue weighted by Gasteiger charge is -2.17. The van der Waals surface area contributed by atoms with E-state index in [-0.39, 0.29) is 0 Å². The van der Waals surface area contributed by atoms with Gasteiger partial charge in [0.25, 0.3) is 0 Å². The van der Waals surface area contributed by atoms with E-state index in [4.69, 9.17) is 0 Å². The summed E-state index contributed by atoms with van der Waals surface area (Å²) in [7, 11) is 0. The third-order valence-corrected chi connectivity index (χ3v) is 4.12. The number of thioether (sulfide) groups is 1. The van der Waals surface area contributed by atoms with Gasteiger partial charge >= 0.3 is 0 Å². The fraction of sp³-hybridized carbons (Fsp3) is 1.00. The molecule has 0 heterocycles. The quantitative estimate of drug-likeness (QED) is 0.667. The smallest absolute Gasteiger partial charge is 0.0160 e. The lowest BCUT2D eigenvalue weighted by Crippen LogP contribution is -2.31. The van der Waals surface area contributed by atoms with E-state index in [1.54, 1.807) is 0 Å². The maximum atomic E-state index is 3.61. The third-order valence-electron chi connectivity index (χ3n) is 2.58. The zero-order chi connectivity index (χ0) is 10.4. The first-order valence-electron chi connectivity index (χ1n) is 6.03. The van der Waals surface area contributed by atoms with Crippen LogP contribution in [0.25, 0.3) is 0 Å². The Morgan fingerprint density at radius 3 is 2.50 bits per heavy atom. The molecule has 0 aromatic carbocycles. The second kappa shape index (κ2) is 6.73. The van der Waals surface area contributed by atoms with Crippen molar-refractivity contribution in [3.05, 3.63) is 0 Å². The highest BCUT2D eigenvalue weighted by Gasteiger charge is 2.24. The second-order valence-electron chi connectivity index (χ2n) is 4.86. The number of hydrogen-bond acceptors (Lipinski definition) is 2. The molecular weight excluding hydrogens is 190 g/mol. The van der Waals surface area contributed by atoms with Gasteiger partial charge in [0.2, 0.25) is 0 Å². The van der Waals surface area contributed by atoms with Gasteiger partial charge in [0.15, 0.2) is 0 Å².